The van der Waals surface area contributed by atoms with E-state index in [-0.39, 0.29) is 11.8 Å². The van der Waals surface area contributed by atoms with E-state index in [0.717, 1.165) is 25.7 Å². The van der Waals surface area contributed by atoms with Gasteiger partial charge in [-0.05, 0) is 44.2 Å². The topological polar surface area (TPSA) is 68.0 Å². The molecule has 0 spiro atoms. The van der Waals surface area contributed by atoms with E-state index in [1.807, 2.05) is 12.3 Å². The van der Waals surface area contributed by atoms with Crippen molar-refractivity contribution in [2.45, 2.75) is 44.7 Å². The summed E-state index contributed by atoms with van der Waals surface area (Å²) in [5.41, 5.74) is 6.54. The van der Waals surface area contributed by atoms with Gasteiger partial charge < -0.3 is 11.1 Å². The molecule has 98 valence electrons. The molecule has 0 aliphatic heterocycles. The Morgan fingerprint density at radius 3 is 2.72 bits per heavy atom. The average Bonchev–Trinajstić information content (AvgIpc) is 2.40. The largest absolute Gasteiger partial charge is 0.369 e. The molecule has 1 aromatic heterocycles. The van der Waals surface area contributed by atoms with Gasteiger partial charge in [0.25, 0.3) is 0 Å². The van der Waals surface area contributed by atoms with Gasteiger partial charge in [-0.1, -0.05) is 6.07 Å². The Hall–Kier alpha value is -1.42. The lowest BCUT2D eigenvalue weighted by Crippen LogP contribution is -2.37. The van der Waals surface area contributed by atoms with Crippen LogP contribution in [0.15, 0.2) is 24.5 Å². The first-order chi connectivity index (χ1) is 8.66. The number of aromatic nitrogens is 1. The molecule has 1 aliphatic carbocycles. The van der Waals surface area contributed by atoms with Crippen LogP contribution in [0.25, 0.3) is 0 Å². The summed E-state index contributed by atoms with van der Waals surface area (Å²) in [7, 11) is 0. The molecule has 4 nitrogen and oxygen atoms in total. The third-order valence-corrected chi connectivity index (χ3v) is 3.80. The van der Waals surface area contributed by atoms with Crippen molar-refractivity contribution in [3.63, 3.8) is 0 Å². The maximum Gasteiger partial charge on any atom is 0.220 e. The van der Waals surface area contributed by atoms with Gasteiger partial charge in [-0.15, -0.1) is 0 Å². The number of hydrogen-bond donors (Lipinski definition) is 2. The van der Waals surface area contributed by atoms with Gasteiger partial charge in [0.05, 0.1) is 0 Å². The quantitative estimate of drug-likeness (QED) is 0.852. The maximum atomic E-state index is 11.1. The van der Waals surface area contributed by atoms with E-state index in [1.165, 1.54) is 5.56 Å². The molecule has 0 radical (unpaired) electrons. The monoisotopic (exact) mass is 247 g/mol. The second kappa shape index (κ2) is 5.96. The van der Waals surface area contributed by atoms with E-state index >= 15 is 0 Å². The van der Waals surface area contributed by atoms with Gasteiger partial charge in [0.15, 0.2) is 0 Å². The number of nitrogens with two attached hydrogens (primary N) is 1. The van der Waals surface area contributed by atoms with Gasteiger partial charge in [-0.25, -0.2) is 0 Å². The minimum Gasteiger partial charge on any atom is -0.369 e. The van der Waals surface area contributed by atoms with Crippen LogP contribution in [0.1, 0.15) is 44.2 Å². The molecule has 0 bridgehead atoms. The zero-order valence-corrected chi connectivity index (χ0v) is 10.8. The van der Waals surface area contributed by atoms with E-state index in [2.05, 4.69) is 23.3 Å². The van der Waals surface area contributed by atoms with Gasteiger partial charge >= 0.3 is 0 Å². The smallest absolute Gasteiger partial charge is 0.220 e. The Morgan fingerprint density at radius 2 is 2.17 bits per heavy atom. The molecule has 1 atom stereocenters. The first-order valence-corrected chi connectivity index (χ1v) is 6.62. The summed E-state index contributed by atoms with van der Waals surface area (Å²) in [6.07, 6.45) is 7.55. The highest BCUT2D eigenvalue weighted by molar-refractivity contribution is 5.76. The highest BCUT2D eigenvalue weighted by atomic mass is 16.1. The van der Waals surface area contributed by atoms with Crippen molar-refractivity contribution in [2.24, 2.45) is 11.7 Å². The number of primary amides is 1. The first-order valence-electron chi connectivity index (χ1n) is 6.62. The number of carbonyl (C=O) groups excluding carboxylic acids is 1. The lowest BCUT2D eigenvalue weighted by atomic mass is 9.85. The van der Waals surface area contributed by atoms with Crippen LogP contribution in [0.2, 0.25) is 0 Å². The number of carbonyl (C=O) groups is 1. The van der Waals surface area contributed by atoms with Crippen LogP contribution in [0.3, 0.4) is 0 Å². The Kier molecular flexibility index (Phi) is 4.31. The normalized spacial score (nSPS) is 25.6. The van der Waals surface area contributed by atoms with Gasteiger partial charge in [0.1, 0.15) is 0 Å². The second-order valence-corrected chi connectivity index (χ2v) is 5.13. The SMILES string of the molecule is CC(NC1CCC(C(N)=O)CC1)c1cccnc1. The van der Waals surface area contributed by atoms with Crippen LogP contribution in [-0.2, 0) is 4.79 Å². The third-order valence-electron chi connectivity index (χ3n) is 3.80. The summed E-state index contributed by atoms with van der Waals surface area (Å²) in [5, 5.41) is 3.60. The van der Waals surface area contributed by atoms with Crippen LogP contribution in [-0.4, -0.2) is 16.9 Å². The van der Waals surface area contributed by atoms with Crippen molar-refractivity contribution in [1.82, 2.24) is 10.3 Å². The highest BCUT2D eigenvalue weighted by Gasteiger charge is 2.25. The number of amides is 1. The molecule has 18 heavy (non-hydrogen) atoms. The Morgan fingerprint density at radius 1 is 1.44 bits per heavy atom. The fourth-order valence-electron chi connectivity index (χ4n) is 2.63. The Bertz CT molecular complexity index is 385. The highest BCUT2D eigenvalue weighted by Crippen LogP contribution is 2.25. The number of pyridine rings is 1. The molecule has 4 heteroatoms. The van der Waals surface area contributed by atoms with Crippen LogP contribution in [0.4, 0.5) is 0 Å². The fourth-order valence-corrected chi connectivity index (χ4v) is 2.63. The lowest BCUT2D eigenvalue weighted by molar-refractivity contribution is -0.122. The van der Waals surface area contributed by atoms with Gasteiger partial charge in [0.2, 0.25) is 5.91 Å². The zero-order chi connectivity index (χ0) is 13.0. The van der Waals surface area contributed by atoms with Crippen LogP contribution < -0.4 is 11.1 Å². The summed E-state index contributed by atoms with van der Waals surface area (Å²) < 4.78 is 0. The maximum absolute atomic E-state index is 11.1. The van der Waals surface area contributed by atoms with E-state index < -0.39 is 0 Å². The van der Waals surface area contributed by atoms with E-state index in [9.17, 15) is 4.79 Å². The van der Waals surface area contributed by atoms with Crippen molar-refractivity contribution < 1.29 is 4.79 Å². The third kappa shape index (κ3) is 3.29. The molecule has 1 unspecified atom stereocenters. The van der Waals surface area contributed by atoms with Gasteiger partial charge in [0, 0.05) is 30.4 Å². The molecule has 1 heterocycles. The Labute approximate surface area is 108 Å². The van der Waals surface area contributed by atoms with E-state index in [1.54, 1.807) is 6.20 Å². The summed E-state index contributed by atoms with van der Waals surface area (Å²) in [6, 6.07) is 4.82. The molecule has 0 aromatic carbocycles. The van der Waals surface area contributed by atoms with Crippen molar-refractivity contribution in [2.75, 3.05) is 0 Å². The van der Waals surface area contributed by atoms with Crippen LogP contribution in [0, 0.1) is 5.92 Å². The minimum absolute atomic E-state index is 0.0803. The predicted octanol–water partition coefficient (Wildman–Crippen LogP) is 1.78. The van der Waals surface area contributed by atoms with E-state index in [0.29, 0.717) is 12.1 Å². The summed E-state index contributed by atoms with van der Waals surface area (Å²) in [6.45, 7) is 2.15. The lowest BCUT2D eigenvalue weighted by Gasteiger charge is -2.30. The standard InChI is InChI=1S/C14H21N3O/c1-10(12-3-2-8-16-9-12)17-13-6-4-11(5-7-13)14(15)18/h2-3,8-11,13,17H,4-7H2,1H3,(H2,15,18). The molecule has 1 aromatic rings. The molecular weight excluding hydrogens is 226 g/mol. The van der Waals surface area contributed by atoms with Gasteiger partial charge in [-0.2, -0.15) is 0 Å². The summed E-state index contributed by atoms with van der Waals surface area (Å²) >= 11 is 0. The molecular formula is C14H21N3O. The summed E-state index contributed by atoms with van der Waals surface area (Å²) in [4.78, 5) is 15.2. The van der Waals surface area contributed by atoms with Crippen molar-refractivity contribution in [3.05, 3.63) is 30.1 Å². The second-order valence-electron chi connectivity index (χ2n) is 5.13. The summed E-state index contributed by atoms with van der Waals surface area (Å²) in [5.74, 6) is -0.0643. The molecule has 2 rings (SSSR count). The van der Waals surface area contributed by atoms with E-state index in [4.69, 9.17) is 5.73 Å². The molecule has 3 N–H and O–H groups in total. The number of rotatable bonds is 4. The molecule has 0 saturated heterocycles. The number of hydrogen-bond acceptors (Lipinski definition) is 3. The first kappa shape index (κ1) is 13.0. The number of nitrogens with zero attached hydrogens (tertiary/aromatic N) is 1. The Balaban J connectivity index is 1.83. The van der Waals surface area contributed by atoms with Gasteiger partial charge in [-0.3, -0.25) is 9.78 Å². The zero-order valence-electron chi connectivity index (χ0n) is 10.8. The average molecular weight is 247 g/mol. The van der Waals surface area contributed by atoms with Crippen molar-refractivity contribution >= 4 is 5.91 Å². The molecule has 1 aliphatic rings. The van der Waals surface area contributed by atoms with Crippen LogP contribution in [0.5, 0.6) is 0 Å². The molecule has 1 fully saturated rings. The minimum atomic E-state index is -0.145. The molecule has 1 saturated carbocycles. The number of nitrogens with one attached hydrogen (secondary N) is 1. The fraction of sp³-hybridized carbons (Fsp3) is 0.571. The van der Waals surface area contributed by atoms with Crippen LogP contribution >= 0.6 is 0 Å². The predicted molar refractivity (Wildman–Crippen MR) is 70.7 cm³/mol. The van der Waals surface area contributed by atoms with Crippen molar-refractivity contribution in [3.8, 4) is 0 Å². The van der Waals surface area contributed by atoms with Crippen molar-refractivity contribution in [1.29, 1.82) is 0 Å². The molecule has 1 amide bonds.